The predicted molar refractivity (Wildman–Crippen MR) is 132 cm³/mol. The molecule has 3 aromatic carbocycles. The molecule has 32 heavy (non-hydrogen) atoms. The minimum Gasteiger partial charge on any atom is -0.456 e. The van der Waals surface area contributed by atoms with E-state index in [0.717, 1.165) is 39.5 Å². The fourth-order valence-electron chi connectivity index (χ4n) is 3.77. The minimum atomic E-state index is -0.0951. The Morgan fingerprint density at radius 3 is 2.66 bits per heavy atom. The fraction of sp³-hybridized carbons (Fsp3) is 0.111. The summed E-state index contributed by atoms with van der Waals surface area (Å²) in [5.41, 5.74) is 4.32. The van der Waals surface area contributed by atoms with Crippen LogP contribution in [0, 0.1) is 0 Å². The summed E-state index contributed by atoms with van der Waals surface area (Å²) in [6, 6.07) is 19.7. The number of rotatable bonds is 4. The Kier molecular flexibility index (Phi) is 5.48. The van der Waals surface area contributed by atoms with Gasteiger partial charge < -0.3 is 9.47 Å². The lowest BCUT2D eigenvalue weighted by Gasteiger charge is -2.20. The van der Waals surface area contributed by atoms with E-state index in [2.05, 4.69) is 17.1 Å². The standard InChI is InChI=1S/C27H21ClN2O2/c1-17-13-26(23-16-21(31-2)10-11-25(23)29-17)30-20-8-12-27(24(28)15-20)32-22-9-7-18-5-3-4-6-19(18)14-22/h3-16,21H,1-2H3. The molecule has 3 aromatic rings. The summed E-state index contributed by atoms with van der Waals surface area (Å²) in [4.78, 5) is 9.44. The van der Waals surface area contributed by atoms with Crippen molar-refractivity contribution in [3.05, 3.63) is 101 Å². The molecule has 1 heterocycles. The van der Waals surface area contributed by atoms with Crippen LogP contribution in [0.4, 0.5) is 5.69 Å². The van der Waals surface area contributed by atoms with E-state index in [-0.39, 0.29) is 6.10 Å². The lowest BCUT2D eigenvalue weighted by atomic mass is 9.94. The van der Waals surface area contributed by atoms with E-state index in [1.54, 1.807) is 7.11 Å². The highest BCUT2D eigenvalue weighted by Gasteiger charge is 2.21. The molecule has 0 saturated carbocycles. The first kappa shape index (κ1) is 20.4. The fourth-order valence-corrected chi connectivity index (χ4v) is 3.98. The quantitative estimate of drug-likeness (QED) is 0.429. The second-order valence-electron chi connectivity index (χ2n) is 7.65. The first-order valence-electron chi connectivity index (χ1n) is 10.3. The third-order valence-corrected chi connectivity index (χ3v) is 5.65. The van der Waals surface area contributed by atoms with Crippen LogP contribution < -0.4 is 4.74 Å². The number of hydrogen-bond donors (Lipinski definition) is 0. The van der Waals surface area contributed by atoms with Crippen molar-refractivity contribution in [3.8, 4) is 11.5 Å². The summed E-state index contributed by atoms with van der Waals surface area (Å²) in [5.74, 6) is 1.32. The van der Waals surface area contributed by atoms with Gasteiger partial charge in [0.1, 0.15) is 11.5 Å². The largest absolute Gasteiger partial charge is 0.456 e. The second kappa shape index (κ2) is 8.58. The first-order chi connectivity index (χ1) is 15.6. The minimum absolute atomic E-state index is 0.0951. The molecule has 1 atom stereocenters. The van der Waals surface area contributed by atoms with Gasteiger partial charge in [-0.2, -0.15) is 0 Å². The van der Waals surface area contributed by atoms with E-state index in [9.17, 15) is 0 Å². The lowest BCUT2D eigenvalue weighted by Crippen LogP contribution is -2.21. The van der Waals surface area contributed by atoms with E-state index < -0.39 is 0 Å². The molecule has 0 N–H and O–H groups in total. The van der Waals surface area contributed by atoms with Gasteiger partial charge >= 0.3 is 0 Å². The Balaban J connectivity index is 1.43. The lowest BCUT2D eigenvalue weighted by molar-refractivity contribution is 0.177. The van der Waals surface area contributed by atoms with Crippen LogP contribution in [0.5, 0.6) is 11.5 Å². The van der Waals surface area contributed by atoms with Crippen LogP contribution in [-0.4, -0.2) is 24.6 Å². The number of ether oxygens (including phenoxy) is 2. The van der Waals surface area contributed by atoms with Crippen molar-refractivity contribution in [2.45, 2.75) is 13.0 Å². The molecule has 1 unspecified atom stereocenters. The highest BCUT2D eigenvalue weighted by molar-refractivity contribution is 6.34. The molecule has 0 saturated heterocycles. The number of halogens is 1. The maximum absolute atomic E-state index is 6.55. The topological polar surface area (TPSA) is 43.2 Å². The van der Waals surface area contributed by atoms with Gasteiger partial charge in [0, 0.05) is 18.4 Å². The molecule has 0 bridgehead atoms. The molecular weight excluding hydrogens is 420 g/mol. The van der Waals surface area contributed by atoms with E-state index in [4.69, 9.17) is 26.1 Å². The molecule has 4 nitrogen and oxygen atoms in total. The van der Waals surface area contributed by atoms with Crippen molar-refractivity contribution >= 4 is 39.5 Å². The number of hydrogen-bond acceptors (Lipinski definition) is 4. The highest BCUT2D eigenvalue weighted by atomic mass is 35.5. The highest BCUT2D eigenvalue weighted by Crippen LogP contribution is 2.34. The summed E-state index contributed by atoms with van der Waals surface area (Å²) >= 11 is 6.55. The predicted octanol–water partition coefficient (Wildman–Crippen LogP) is 7.23. The molecule has 0 aromatic heterocycles. The molecule has 1 aliphatic carbocycles. The average Bonchev–Trinajstić information content (AvgIpc) is 2.80. The maximum Gasteiger partial charge on any atom is 0.146 e. The van der Waals surface area contributed by atoms with Crippen LogP contribution in [0.1, 0.15) is 6.92 Å². The molecule has 0 radical (unpaired) electrons. The van der Waals surface area contributed by atoms with Crippen LogP contribution in [0.25, 0.3) is 10.8 Å². The number of benzene rings is 3. The Hall–Kier alpha value is -3.47. The number of aliphatic imine (C=N–C) groups is 2. The van der Waals surface area contributed by atoms with Crippen molar-refractivity contribution in [1.29, 1.82) is 0 Å². The molecule has 0 spiro atoms. The van der Waals surface area contributed by atoms with Crippen LogP contribution in [0.15, 0.2) is 106 Å². The summed E-state index contributed by atoms with van der Waals surface area (Å²) in [7, 11) is 1.68. The Morgan fingerprint density at radius 1 is 1.00 bits per heavy atom. The zero-order valence-electron chi connectivity index (χ0n) is 17.7. The van der Waals surface area contributed by atoms with Crippen molar-refractivity contribution in [2.24, 2.45) is 9.98 Å². The normalized spacial score (nSPS) is 18.8. The van der Waals surface area contributed by atoms with Gasteiger partial charge in [0.2, 0.25) is 0 Å². The van der Waals surface area contributed by atoms with Crippen LogP contribution in [-0.2, 0) is 4.74 Å². The molecule has 5 rings (SSSR count). The number of methoxy groups -OCH3 is 1. The maximum atomic E-state index is 6.55. The van der Waals surface area contributed by atoms with Crippen LogP contribution in [0.3, 0.4) is 0 Å². The monoisotopic (exact) mass is 440 g/mol. The Labute approximate surface area is 191 Å². The van der Waals surface area contributed by atoms with Gasteiger partial charge in [-0.05, 0) is 72.3 Å². The van der Waals surface area contributed by atoms with Crippen LogP contribution >= 0.6 is 11.6 Å². The molecule has 158 valence electrons. The van der Waals surface area contributed by atoms with E-state index in [1.807, 2.05) is 79.8 Å². The molecule has 2 aliphatic rings. The molecule has 0 amide bonds. The van der Waals surface area contributed by atoms with Gasteiger partial charge in [0.25, 0.3) is 0 Å². The third kappa shape index (κ3) is 4.15. The number of nitrogens with zero attached hydrogens (tertiary/aromatic N) is 2. The van der Waals surface area contributed by atoms with Gasteiger partial charge in [-0.25, -0.2) is 4.99 Å². The van der Waals surface area contributed by atoms with Gasteiger partial charge in [-0.15, -0.1) is 0 Å². The van der Waals surface area contributed by atoms with Gasteiger partial charge in [-0.3, -0.25) is 4.99 Å². The van der Waals surface area contributed by atoms with E-state index >= 15 is 0 Å². The Bertz CT molecular complexity index is 1370. The van der Waals surface area contributed by atoms with E-state index in [1.165, 1.54) is 5.39 Å². The second-order valence-corrected chi connectivity index (χ2v) is 8.05. The number of allylic oxidation sites excluding steroid dienone is 4. The summed E-state index contributed by atoms with van der Waals surface area (Å²) in [6.07, 6.45) is 7.85. The average molecular weight is 441 g/mol. The van der Waals surface area contributed by atoms with Crippen molar-refractivity contribution in [2.75, 3.05) is 7.11 Å². The molecule has 1 aliphatic heterocycles. The Morgan fingerprint density at radius 2 is 1.84 bits per heavy atom. The smallest absolute Gasteiger partial charge is 0.146 e. The van der Waals surface area contributed by atoms with Gasteiger partial charge in [0.05, 0.1) is 28.2 Å². The van der Waals surface area contributed by atoms with Crippen molar-refractivity contribution < 1.29 is 9.47 Å². The number of fused-ring (bicyclic) bond motifs is 2. The zero-order chi connectivity index (χ0) is 22.1. The van der Waals surface area contributed by atoms with Gasteiger partial charge in [-0.1, -0.05) is 41.9 Å². The summed E-state index contributed by atoms with van der Waals surface area (Å²) < 4.78 is 11.5. The van der Waals surface area contributed by atoms with Crippen molar-refractivity contribution in [3.63, 3.8) is 0 Å². The van der Waals surface area contributed by atoms with Crippen molar-refractivity contribution in [1.82, 2.24) is 0 Å². The molecular formula is C27H21ClN2O2. The SMILES string of the molecule is COC1C=CC2=NC(C)=CC(=Nc3ccc(Oc4ccc5ccccc5c4)c(Cl)c3)C2=C1. The van der Waals surface area contributed by atoms with Gasteiger partial charge in [0.15, 0.2) is 0 Å². The molecule has 0 fully saturated rings. The first-order valence-corrected chi connectivity index (χ1v) is 10.7. The summed E-state index contributed by atoms with van der Waals surface area (Å²) in [6.45, 7) is 1.96. The van der Waals surface area contributed by atoms with E-state index in [0.29, 0.717) is 10.8 Å². The molecule has 5 heteroatoms. The third-order valence-electron chi connectivity index (χ3n) is 5.35. The van der Waals surface area contributed by atoms with Crippen LogP contribution in [0.2, 0.25) is 5.02 Å². The zero-order valence-corrected chi connectivity index (χ0v) is 18.5. The summed E-state index contributed by atoms with van der Waals surface area (Å²) in [5, 5.41) is 2.78.